The molecule has 3 rings (SSSR count). The lowest BCUT2D eigenvalue weighted by molar-refractivity contribution is 0.102. The zero-order chi connectivity index (χ0) is 19.6. The largest absolute Gasteiger partial charge is 0.459 e. The standard InChI is InChI=1S/C22H22ClNO3/c1-22(2,3)15-6-4-14(5-7-15)21(26)24-16-8-10-18(19(23)12-16)20-11-9-17(13-25)27-20/h4-12,25H,13H2,1-3H3,(H,24,26). The SMILES string of the molecule is CC(C)(C)c1ccc(C(=O)Nc2ccc(-c3ccc(CO)o3)c(Cl)c2)cc1. The smallest absolute Gasteiger partial charge is 0.255 e. The van der Waals surface area contributed by atoms with Crippen molar-refractivity contribution in [2.45, 2.75) is 32.8 Å². The minimum Gasteiger partial charge on any atom is -0.459 e. The Bertz CT molecular complexity index is 952. The first-order chi connectivity index (χ1) is 12.8. The molecule has 4 nitrogen and oxygen atoms in total. The average Bonchev–Trinajstić information content (AvgIpc) is 3.10. The molecular weight excluding hydrogens is 362 g/mol. The van der Waals surface area contributed by atoms with Crippen LogP contribution in [0, 0.1) is 0 Å². The molecule has 0 bridgehead atoms. The number of benzene rings is 2. The molecule has 0 saturated carbocycles. The first-order valence-electron chi connectivity index (χ1n) is 8.69. The van der Waals surface area contributed by atoms with E-state index in [0.717, 1.165) is 0 Å². The molecule has 0 aliphatic carbocycles. The van der Waals surface area contributed by atoms with Crippen LogP contribution in [0.1, 0.15) is 42.5 Å². The summed E-state index contributed by atoms with van der Waals surface area (Å²) < 4.78 is 5.51. The fourth-order valence-corrected chi connectivity index (χ4v) is 3.00. The minimum atomic E-state index is -0.195. The third kappa shape index (κ3) is 4.41. The molecule has 1 aromatic heterocycles. The lowest BCUT2D eigenvalue weighted by atomic mass is 9.87. The van der Waals surface area contributed by atoms with Gasteiger partial charge < -0.3 is 14.8 Å². The van der Waals surface area contributed by atoms with Gasteiger partial charge >= 0.3 is 0 Å². The number of hydrogen-bond acceptors (Lipinski definition) is 3. The maximum Gasteiger partial charge on any atom is 0.255 e. The van der Waals surface area contributed by atoms with Crippen LogP contribution in [0.25, 0.3) is 11.3 Å². The summed E-state index contributed by atoms with van der Waals surface area (Å²) in [5.41, 5.74) is 3.10. The monoisotopic (exact) mass is 383 g/mol. The Morgan fingerprint density at radius 2 is 1.78 bits per heavy atom. The van der Waals surface area contributed by atoms with Gasteiger partial charge in [0.1, 0.15) is 18.1 Å². The zero-order valence-electron chi connectivity index (χ0n) is 15.5. The Labute approximate surface area is 163 Å². The molecule has 0 aliphatic rings. The molecule has 0 radical (unpaired) electrons. The Kier molecular flexibility index (Phi) is 5.40. The zero-order valence-corrected chi connectivity index (χ0v) is 16.3. The van der Waals surface area contributed by atoms with Crippen LogP contribution in [0.5, 0.6) is 0 Å². The predicted molar refractivity (Wildman–Crippen MR) is 108 cm³/mol. The van der Waals surface area contributed by atoms with Gasteiger partial charge in [-0.25, -0.2) is 0 Å². The van der Waals surface area contributed by atoms with E-state index in [1.54, 1.807) is 30.3 Å². The highest BCUT2D eigenvalue weighted by Gasteiger charge is 2.15. The molecule has 0 aliphatic heterocycles. The number of aliphatic hydroxyl groups excluding tert-OH is 1. The fourth-order valence-electron chi connectivity index (χ4n) is 2.73. The number of halogens is 1. The molecule has 1 amide bonds. The number of amides is 1. The predicted octanol–water partition coefficient (Wildman–Crippen LogP) is 5.64. The molecule has 140 valence electrons. The van der Waals surface area contributed by atoms with E-state index in [1.807, 2.05) is 24.3 Å². The highest BCUT2D eigenvalue weighted by Crippen LogP contribution is 2.32. The number of rotatable bonds is 4. The van der Waals surface area contributed by atoms with Gasteiger partial charge in [-0.2, -0.15) is 0 Å². The molecule has 0 saturated heterocycles. The molecule has 1 heterocycles. The average molecular weight is 384 g/mol. The van der Waals surface area contributed by atoms with Gasteiger partial charge in [0.25, 0.3) is 5.91 Å². The van der Waals surface area contributed by atoms with Crippen LogP contribution in [-0.2, 0) is 12.0 Å². The number of aliphatic hydroxyl groups is 1. The molecule has 0 atom stereocenters. The van der Waals surface area contributed by atoms with E-state index in [1.165, 1.54) is 5.56 Å². The summed E-state index contributed by atoms with van der Waals surface area (Å²) in [4.78, 5) is 12.5. The van der Waals surface area contributed by atoms with Crippen LogP contribution < -0.4 is 5.32 Å². The van der Waals surface area contributed by atoms with Gasteiger partial charge in [0, 0.05) is 16.8 Å². The van der Waals surface area contributed by atoms with Crippen LogP contribution in [-0.4, -0.2) is 11.0 Å². The Balaban J connectivity index is 1.75. The van der Waals surface area contributed by atoms with Crippen molar-refractivity contribution in [2.24, 2.45) is 0 Å². The number of furan rings is 1. The molecule has 0 fully saturated rings. The van der Waals surface area contributed by atoms with Gasteiger partial charge in [0.15, 0.2) is 0 Å². The van der Waals surface area contributed by atoms with Gasteiger partial charge in [-0.05, 0) is 53.4 Å². The number of nitrogens with one attached hydrogen (secondary N) is 1. The van der Waals surface area contributed by atoms with Gasteiger partial charge in [-0.15, -0.1) is 0 Å². The Hall–Kier alpha value is -2.56. The maximum atomic E-state index is 12.5. The van der Waals surface area contributed by atoms with Crippen LogP contribution in [0.3, 0.4) is 0 Å². The van der Waals surface area contributed by atoms with E-state index in [9.17, 15) is 4.79 Å². The number of hydrogen-bond donors (Lipinski definition) is 2. The van der Waals surface area contributed by atoms with E-state index in [2.05, 4.69) is 26.1 Å². The summed E-state index contributed by atoms with van der Waals surface area (Å²) in [6, 6.07) is 16.3. The summed E-state index contributed by atoms with van der Waals surface area (Å²) in [5, 5.41) is 12.4. The number of anilines is 1. The normalized spacial score (nSPS) is 11.4. The Morgan fingerprint density at radius 1 is 1.07 bits per heavy atom. The second kappa shape index (κ2) is 7.59. The van der Waals surface area contributed by atoms with Gasteiger partial charge in [0.05, 0.1) is 5.02 Å². The molecule has 0 spiro atoms. The molecule has 0 unspecified atom stereocenters. The quantitative estimate of drug-likeness (QED) is 0.612. The molecule has 2 aromatic carbocycles. The van der Waals surface area contributed by atoms with Crippen molar-refractivity contribution in [3.8, 4) is 11.3 Å². The van der Waals surface area contributed by atoms with Crippen molar-refractivity contribution in [1.82, 2.24) is 0 Å². The second-order valence-corrected chi connectivity index (χ2v) is 7.81. The topological polar surface area (TPSA) is 62.5 Å². The molecular formula is C22H22ClNO3. The van der Waals surface area contributed by atoms with Crippen molar-refractivity contribution in [1.29, 1.82) is 0 Å². The summed E-state index contributed by atoms with van der Waals surface area (Å²) in [7, 11) is 0. The number of carbonyl (C=O) groups excluding carboxylic acids is 1. The fraction of sp³-hybridized carbons (Fsp3) is 0.227. The number of carbonyl (C=O) groups is 1. The highest BCUT2D eigenvalue weighted by atomic mass is 35.5. The van der Waals surface area contributed by atoms with Crippen LogP contribution in [0.4, 0.5) is 5.69 Å². The van der Waals surface area contributed by atoms with E-state index in [4.69, 9.17) is 21.1 Å². The van der Waals surface area contributed by atoms with E-state index < -0.39 is 0 Å². The van der Waals surface area contributed by atoms with Gasteiger partial charge in [0.2, 0.25) is 0 Å². The van der Waals surface area contributed by atoms with Crippen LogP contribution in [0.2, 0.25) is 5.02 Å². The van der Waals surface area contributed by atoms with Gasteiger partial charge in [-0.3, -0.25) is 4.79 Å². The van der Waals surface area contributed by atoms with E-state index in [-0.39, 0.29) is 17.9 Å². The van der Waals surface area contributed by atoms with Crippen molar-refractivity contribution < 1.29 is 14.3 Å². The molecule has 5 heteroatoms. The Morgan fingerprint density at radius 3 is 2.33 bits per heavy atom. The van der Waals surface area contributed by atoms with Crippen molar-refractivity contribution in [3.05, 3.63) is 76.5 Å². The molecule has 2 N–H and O–H groups in total. The summed E-state index contributed by atoms with van der Waals surface area (Å²) in [6.45, 7) is 6.23. The van der Waals surface area contributed by atoms with Crippen LogP contribution >= 0.6 is 11.6 Å². The summed E-state index contributed by atoms with van der Waals surface area (Å²) in [5.74, 6) is 0.844. The highest BCUT2D eigenvalue weighted by molar-refractivity contribution is 6.33. The first kappa shape index (κ1) is 19.2. The molecule has 3 aromatic rings. The lowest BCUT2D eigenvalue weighted by Gasteiger charge is -2.19. The second-order valence-electron chi connectivity index (χ2n) is 7.40. The minimum absolute atomic E-state index is 0.0418. The first-order valence-corrected chi connectivity index (χ1v) is 9.07. The molecule has 27 heavy (non-hydrogen) atoms. The van der Waals surface area contributed by atoms with Crippen molar-refractivity contribution in [2.75, 3.05) is 5.32 Å². The maximum absolute atomic E-state index is 12.5. The van der Waals surface area contributed by atoms with Crippen molar-refractivity contribution >= 4 is 23.2 Å². The van der Waals surface area contributed by atoms with E-state index in [0.29, 0.717) is 33.4 Å². The van der Waals surface area contributed by atoms with Crippen molar-refractivity contribution in [3.63, 3.8) is 0 Å². The summed E-state index contributed by atoms with van der Waals surface area (Å²) in [6.07, 6.45) is 0. The third-order valence-corrected chi connectivity index (χ3v) is 4.64. The van der Waals surface area contributed by atoms with E-state index >= 15 is 0 Å². The van der Waals surface area contributed by atoms with Crippen LogP contribution in [0.15, 0.2) is 59.0 Å². The lowest BCUT2D eigenvalue weighted by Crippen LogP contribution is -2.14. The van der Waals surface area contributed by atoms with Gasteiger partial charge in [-0.1, -0.05) is 44.5 Å². The summed E-state index contributed by atoms with van der Waals surface area (Å²) >= 11 is 6.34. The third-order valence-electron chi connectivity index (χ3n) is 4.32.